The van der Waals surface area contributed by atoms with E-state index < -0.39 is 12.1 Å². The van der Waals surface area contributed by atoms with Gasteiger partial charge in [0, 0.05) is 11.8 Å². The molecule has 5 nitrogen and oxygen atoms in total. The molecule has 1 aliphatic carbocycles. The van der Waals surface area contributed by atoms with Gasteiger partial charge in [-0.25, -0.2) is 0 Å². The zero-order valence-electron chi connectivity index (χ0n) is 32.4. The molecule has 0 heterocycles. The van der Waals surface area contributed by atoms with Crippen LogP contribution in [0.3, 0.4) is 0 Å². The van der Waals surface area contributed by atoms with Gasteiger partial charge >= 0.3 is 5.97 Å². The molecule has 0 bridgehead atoms. The number of hydrogen-bond acceptors (Lipinski definition) is 4. The van der Waals surface area contributed by atoms with E-state index in [9.17, 15) is 20.1 Å². The molecule has 3 N–H and O–H groups in total. The number of aliphatic carboxylic acids is 1. The Balaban J connectivity index is 2.16. The van der Waals surface area contributed by atoms with Gasteiger partial charge in [0.2, 0.25) is 0 Å². The molecule has 0 aromatic heterocycles. The summed E-state index contributed by atoms with van der Waals surface area (Å²) < 4.78 is 0. The maximum atomic E-state index is 11.9. The lowest BCUT2D eigenvalue weighted by Crippen LogP contribution is -2.40. The predicted octanol–water partition coefficient (Wildman–Crippen LogP) is 11.9. The number of carboxylic acid groups (broad SMARTS) is 1. The monoisotopic (exact) mass is 710 g/mol. The number of alkyl halides is 1. The van der Waals surface area contributed by atoms with E-state index in [4.69, 9.17) is 11.6 Å². The summed E-state index contributed by atoms with van der Waals surface area (Å²) >= 11 is 5.93. The lowest BCUT2D eigenvalue weighted by molar-refractivity contribution is -0.142. The first kappa shape index (κ1) is 46.1. The highest BCUT2D eigenvalue weighted by Crippen LogP contribution is 2.47. The van der Waals surface area contributed by atoms with Crippen LogP contribution in [-0.4, -0.2) is 64.4 Å². The van der Waals surface area contributed by atoms with Crippen molar-refractivity contribution >= 4 is 17.6 Å². The van der Waals surface area contributed by atoms with E-state index in [1.54, 1.807) is 0 Å². The molecule has 0 aromatic carbocycles. The first-order valence-electron chi connectivity index (χ1n) is 20.9. The van der Waals surface area contributed by atoms with Crippen molar-refractivity contribution < 1.29 is 20.1 Å². The standard InChI is InChI=1S/C43H80ClNO4/c1-4-6-7-8-9-10-11-12-13-14-15-16-17-18-21-24-36-45(3)37-32-39(42(48)49)28-23-20-19-22-27-38(40(46)31-35-44)29-25-30-41(47)43(5-2)33-26-34-43/h19-20,25,29,38-41,46-47H,4-18,21-24,26-28,30-37H2,1-3H3,(H,48,49)/b20-19-,29-25+/t38-,39?,40-,41+/m1/s1. The molecule has 0 radical (unpaired) electrons. The number of allylic oxidation sites excluding steroid dienone is 2. The molecule has 0 spiro atoms. The highest BCUT2D eigenvalue weighted by atomic mass is 35.5. The van der Waals surface area contributed by atoms with Crippen LogP contribution < -0.4 is 0 Å². The normalized spacial score (nSPS) is 17.1. The van der Waals surface area contributed by atoms with E-state index in [-0.39, 0.29) is 23.4 Å². The Morgan fingerprint density at radius 1 is 0.735 bits per heavy atom. The van der Waals surface area contributed by atoms with Crippen LogP contribution in [-0.2, 0) is 4.79 Å². The van der Waals surface area contributed by atoms with Gasteiger partial charge in [0.15, 0.2) is 0 Å². The number of hydrogen-bond donors (Lipinski definition) is 3. The maximum Gasteiger partial charge on any atom is 0.306 e. The summed E-state index contributed by atoms with van der Waals surface area (Å²) in [4.78, 5) is 14.2. The number of carboxylic acids is 1. The van der Waals surface area contributed by atoms with E-state index in [1.807, 2.05) is 0 Å². The van der Waals surface area contributed by atoms with Crippen molar-refractivity contribution in [2.45, 2.75) is 199 Å². The molecule has 4 atom stereocenters. The van der Waals surface area contributed by atoms with Gasteiger partial charge in [-0.15, -0.1) is 11.6 Å². The second-order valence-electron chi connectivity index (χ2n) is 15.5. The van der Waals surface area contributed by atoms with Crippen molar-refractivity contribution in [2.24, 2.45) is 17.3 Å². The molecule has 1 rings (SSSR count). The summed E-state index contributed by atoms with van der Waals surface area (Å²) in [6, 6.07) is 0. The van der Waals surface area contributed by atoms with Gasteiger partial charge in [-0.2, -0.15) is 0 Å². The zero-order valence-corrected chi connectivity index (χ0v) is 33.2. The molecular weight excluding hydrogens is 630 g/mol. The number of aliphatic hydroxyl groups is 2. The van der Waals surface area contributed by atoms with Crippen LogP contribution in [0.15, 0.2) is 24.3 Å². The summed E-state index contributed by atoms with van der Waals surface area (Å²) in [7, 11) is 2.13. The highest BCUT2D eigenvalue weighted by Gasteiger charge is 2.41. The molecule has 1 fully saturated rings. The smallest absolute Gasteiger partial charge is 0.306 e. The van der Waals surface area contributed by atoms with Crippen LogP contribution in [0.5, 0.6) is 0 Å². The Kier molecular flexibility index (Phi) is 28.9. The molecule has 0 aliphatic heterocycles. The highest BCUT2D eigenvalue weighted by molar-refractivity contribution is 6.17. The molecular formula is C43H80ClNO4. The van der Waals surface area contributed by atoms with Crippen molar-refractivity contribution in [1.29, 1.82) is 0 Å². The van der Waals surface area contributed by atoms with Crippen LogP contribution in [0.4, 0.5) is 0 Å². The molecule has 288 valence electrons. The fourth-order valence-electron chi connectivity index (χ4n) is 7.56. The average molecular weight is 711 g/mol. The quantitative estimate of drug-likeness (QED) is 0.0347. The lowest BCUT2D eigenvalue weighted by atomic mass is 9.63. The van der Waals surface area contributed by atoms with Gasteiger partial charge in [0.25, 0.3) is 0 Å². The number of rotatable bonds is 35. The van der Waals surface area contributed by atoms with Gasteiger partial charge in [-0.05, 0) is 96.2 Å². The van der Waals surface area contributed by atoms with Gasteiger partial charge in [0.05, 0.1) is 18.1 Å². The minimum absolute atomic E-state index is 0.00578. The second-order valence-corrected chi connectivity index (χ2v) is 15.9. The van der Waals surface area contributed by atoms with Crippen LogP contribution in [0.1, 0.15) is 187 Å². The van der Waals surface area contributed by atoms with Crippen molar-refractivity contribution in [3.05, 3.63) is 24.3 Å². The SMILES string of the molecule is CCCCCCCCCCCCCCCCCCN(C)CCC(CC/C=C\CC[C@H](/C=C/C[C@H](O)C1(CC)CCC1)[C@H](O)CCCl)C(=O)O. The number of halogens is 1. The zero-order chi connectivity index (χ0) is 36.0. The molecule has 6 heteroatoms. The molecule has 1 saturated carbocycles. The number of aliphatic hydroxyl groups excluding tert-OH is 2. The minimum Gasteiger partial charge on any atom is -0.481 e. The van der Waals surface area contributed by atoms with Crippen molar-refractivity contribution in [3.8, 4) is 0 Å². The number of carbonyl (C=O) groups is 1. The predicted molar refractivity (Wildman–Crippen MR) is 212 cm³/mol. The van der Waals surface area contributed by atoms with Gasteiger partial charge < -0.3 is 20.2 Å². The Labute approximate surface area is 308 Å². The van der Waals surface area contributed by atoms with Crippen molar-refractivity contribution in [1.82, 2.24) is 4.90 Å². The fraction of sp³-hybridized carbons (Fsp3) is 0.884. The average Bonchev–Trinajstić information content (AvgIpc) is 3.06. The van der Waals surface area contributed by atoms with Gasteiger partial charge in [0.1, 0.15) is 0 Å². The Hall–Kier alpha value is -0.880. The molecule has 0 amide bonds. The van der Waals surface area contributed by atoms with E-state index in [0.717, 1.165) is 51.6 Å². The third kappa shape index (κ3) is 22.6. The Morgan fingerprint density at radius 2 is 1.27 bits per heavy atom. The molecule has 1 aliphatic rings. The number of nitrogens with zero attached hydrogens (tertiary/aromatic N) is 1. The Morgan fingerprint density at radius 3 is 1.73 bits per heavy atom. The summed E-state index contributed by atoms with van der Waals surface area (Å²) in [5.74, 6) is -0.569. The maximum absolute atomic E-state index is 11.9. The van der Waals surface area contributed by atoms with Crippen LogP contribution in [0.2, 0.25) is 0 Å². The first-order valence-corrected chi connectivity index (χ1v) is 21.5. The third-order valence-corrected chi connectivity index (χ3v) is 11.7. The van der Waals surface area contributed by atoms with E-state index in [2.05, 4.69) is 50.1 Å². The molecule has 0 aromatic rings. The van der Waals surface area contributed by atoms with Crippen LogP contribution in [0, 0.1) is 17.3 Å². The summed E-state index contributed by atoms with van der Waals surface area (Å²) in [6.45, 7) is 6.34. The molecule has 49 heavy (non-hydrogen) atoms. The Bertz CT molecular complexity index is 823. The third-order valence-electron chi connectivity index (χ3n) is 11.5. The van der Waals surface area contributed by atoms with Crippen LogP contribution >= 0.6 is 11.6 Å². The fourth-order valence-corrected chi connectivity index (χ4v) is 7.78. The van der Waals surface area contributed by atoms with Crippen molar-refractivity contribution in [3.63, 3.8) is 0 Å². The van der Waals surface area contributed by atoms with Crippen molar-refractivity contribution in [2.75, 3.05) is 26.0 Å². The minimum atomic E-state index is -0.687. The van der Waals surface area contributed by atoms with E-state index in [0.29, 0.717) is 31.6 Å². The van der Waals surface area contributed by atoms with Gasteiger partial charge in [-0.1, -0.05) is 141 Å². The van der Waals surface area contributed by atoms with Gasteiger partial charge in [-0.3, -0.25) is 4.79 Å². The number of unbranched alkanes of at least 4 members (excludes halogenated alkanes) is 15. The summed E-state index contributed by atoms with van der Waals surface area (Å²) in [6.07, 6.45) is 39.0. The summed E-state index contributed by atoms with van der Waals surface area (Å²) in [5.41, 5.74) is 0.0892. The lowest BCUT2D eigenvalue weighted by Gasteiger charge is -2.45. The first-order chi connectivity index (χ1) is 23.8. The summed E-state index contributed by atoms with van der Waals surface area (Å²) in [5, 5.41) is 31.2. The molecule has 1 unspecified atom stereocenters. The van der Waals surface area contributed by atoms with Crippen LogP contribution in [0.25, 0.3) is 0 Å². The molecule has 0 saturated heterocycles. The second kappa shape index (κ2) is 30.7. The van der Waals surface area contributed by atoms with E-state index >= 15 is 0 Å². The largest absolute Gasteiger partial charge is 0.481 e. The topological polar surface area (TPSA) is 81.0 Å². The van der Waals surface area contributed by atoms with E-state index in [1.165, 1.54) is 109 Å².